The first kappa shape index (κ1) is 27.1. The summed E-state index contributed by atoms with van der Waals surface area (Å²) in [6, 6.07) is 13.7. The highest BCUT2D eigenvalue weighted by Gasteiger charge is 2.55. The molecule has 2 amide bonds. The molecule has 2 aromatic rings. The number of phenols is 1. The molecule has 0 spiro atoms. The van der Waals surface area contributed by atoms with Crippen molar-refractivity contribution < 1.29 is 24.9 Å². The average molecular weight is 524 g/mol. The number of imide groups is 1. The Morgan fingerprint density at radius 2 is 1.86 bits per heavy atom. The molecule has 37 heavy (non-hydrogen) atoms. The number of fused-ring (bicyclic) bond motifs is 1. The zero-order valence-electron chi connectivity index (χ0n) is 21.2. The van der Waals surface area contributed by atoms with Gasteiger partial charge in [0.2, 0.25) is 11.8 Å². The van der Waals surface area contributed by atoms with Gasteiger partial charge in [-0.25, -0.2) is 0 Å². The number of halogens is 1. The number of carbonyl (C=O) groups is 2. The van der Waals surface area contributed by atoms with E-state index in [0.717, 1.165) is 23.1 Å². The number of aromatic hydroxyl groups is 1. The Morgan fingerprint density at radius 1 is 1.14 bits per heavy atom. The molecule has 6 nitrogen and oxygen atoms in total. The predicted molar refractivity (Wildman–Crippen MR) is 145 cm³/mol. The maximum atomic E-state index is 13.5. The highest BCUT2D eigenvalue weighted by molar-refractivity contribution is 6.32. The minimum absolute atomic E-state index is 0.103. The van der Waals surface area contributed by atoms with Crippen LogP contribution in [0.2, 0.25) is 5.02 Å². The molecule has 2 aliphatic rings. The predicted octanol–water partition coefficient (Wildman–Crippen LogP) is 5.50. The van der Waals surface area contributed by atoms with E-state index in [4.69, 9.17) is 11.6 Å². The van der Waals surface area contributed by atoms with Gasteiger partial charge in [0.25, 0.3) is 0 Å². The van der Waals surface area contributed by atoms with E-state index >= 15 is 0 Å². The van der Waals surface area contributed by atoms with Crippen LogP contribution in [0.25, 0.3) is 6.08 Å². The lowest BCUT2D eigenvalue weighted by Crippen LogP contribution is -2.39. The van der Waals surface area contributed by atoms with Gasteiger partial charge in [-0.1, -0.05) is 60.9 Å². The van der Waals surface area contributed by atoms with Crippen LogP contribution in [0.3, 0.4) is 0 Å². The first-order valence-corrected chi connectivity index (χ1v) is 13.3. The zero-order chi connectivity index (χ0) is 26.7. The molecule has 0 unspecified atom stereocenters. The van der Waals surface area contributed by atoms with Crippen molar-refractivity contribution in [3.8, 4) is 5.75 Å². The Morgan fingerprint density at radius 3 is 2.49 bits per heavy atom. The molecule has 3 N–H and O–H groups in total. The molecule has 1 aliphatic heterocycles. The van der Waals surface area contributed by atoms with Crippen LogP contribution in [0.15, 0.2) is 65.3 Å². The highest BCUT2D eigenvalue weighted by atomic mass is 35.5. The third-order valence-electron chi connectivity index (χ3n) is 7.72. The van der Waals surface area contributed by atoms with Crippen LogP contribution in [0.5, 0.6) is 5.75 Å². The molecule has 1 fully saturated rings. The largest absolute Gasteiger partial charge is 0.508 e. The summed E-state index contributed by atoms with van der Waals surface area (Å²) < 4.78 is 0. The van der Waals surface area contributed by atoms with Gasteiger partial charge in [0, 0.05) is 5.92 Å². The molecule has 196 valence electrons. The third kappa shape index (κ3) is 5.37. The van der Waals surface area contributed by atoms with Crippen LogP contribution in [-0.4, -0.2) is 39.8 Å². The number of aliphatic hydroxyl groups excluding tert-OH is 2. The maximum absolute atomic E-state index is 13.5. The van der Waals surface area contributed by atoms with Crippen molar-refractivity contribution in [2.75, 3.05) is 11.5 Å². The number of para-hydroxylation sites is 1. The lowest BCUT2D eigenvalue weighted by molar-refractivity contribution is -0.123. The van der Waals surface area contributed by atoms with E-state index in [0.29, 0.717) is 42.0 Å². The van der Waals surface area contributed by atoms with Gasteiger partial charge < -0.3 is 15.3 Å². The summed E-state index contributed by atoms with van der Waals surface area (Å²) in [5, 5.41) is 31.9. The number of anilines is 1. The molecule has 7 heteroatoms. The van der Waals surface area contributed by atoms with E-state index in [1.807, 2.05) is 26.0 Å². The normalized spacial score (nSPS) is 23.0. The van der Waals surface area contributed by atoms with Crippen LogP contribution in [-0.2, 0) is 9.59 Å². The Hall–Kier alpha value is -2.93. The van der Waals surface area contributed by atoms with Gasteiger partial charge >= 0.3 is 0 Å². The van der Waals surface area contributed by atoms with Crippen LogP contribution >= 0.6 is 11.6 Å². The summed E-state index contributed by atoms with van der Waals surface area (Å²) in [6.07, 6.45) is 3.97. The van der Waals surface area contributed by atoms with Gasteiger partial charge in [-0.3, -0.25) is 14.5 Å². The van der Waals surface area contributed by atoms with E-state index in [1.54, 1.807) is 36.4 Å². The number of benzene rings is 2. The molecule has 4 atom stereocenters. The minimum Gasteiger partial charge on any atom is -0.508 e. The van der Waals surface area contributed by atoms with Gasteiger partial charge in [0.1, 0.15) is 5.75 Å². The second-order valence-corrected chi connectivity index (χ2v) is 10.2. The molecular weight excluding hydrogens is 490 g/mol. The van der Waals surface area contributed by atoms with E-state index < -0.39 is 23.9 Å². The number of aliphatic hydroxyl groups is 2. The van der Waals surface area contributed by atoms with Gasteiger partial charge in [-0.15, -0.1) is 0 Å². The molecule has 4 rings (SSSR count). The summed E-state index contributed by atoms with van der Waals surface area (Å²) in [5.74, 6) is -2.26. The number of amides is 2. The van der Waals surface area contributed by atoms with Crippen LogP contribution < -0.4 is 4.90 Å². The number of nitrogens with zero attached hydrogens (tertiary/aromatic N) is 1. The standard InChI is InChI=1S/C30H34ClNO5/c1-3-18(14-20-11-12-22(34)16-25(20)31)10-13-26(35)27-19(4-2)15-23-28(24(27)17-33)30(37)32(29(23)36)21-8-6-5-7-9-21/h5-9,11-12,14,16,23-24,26,28,33-35H,3-4,10,13,15,17H2,1-2H3/b18-14+/t23-,24+,26-,28-/m1/s1. The van der Waals surface area contributed by atoms with Gasteiger partial charge in [0.05, 0.1) is 35.3 Å². The molecule has 1 heterocycles. The van der Waals surface area contributed by atoms with Gasteiger partial charge in [0.15, 0.2) is 0 Å². The molecule has 2 aromatic carbocycles. The van der Waals surface area contributed by atoms with Gasteiger partial charge in [-0.05, 0) is 73.6 Å². The van der Waals surface area contributed by atoms with Crippen LogP contribution in [0.1, 0.15) is 51.5 Å². The number of allylic oxidation sites excluding steroid dienone is 2. The van der Waals surface area contributed by atoms with E-state index in [1.165, 1.54) is 11.0 Å². The summed E-state index contributed by atoms with van der Waals surface area (Å²) in [5.41, 5.74) is 4.08. The molecule has 0 radical (unpaired) electrons. The van der Waals surface area contributed by atoms with Crippen molar-refractivity contribution in [2.24, 2.45) is 17.8 Å². The Kier molecular flexibility index (Phi) is 8.53. The molecule has 0 saturated carbocycles. The summed E-state index contributed by atoms with van der Waals surface area (Å²) >= 11 is 6.27. The molecule has 1 aliphatic carbocycles. The van der Waals surface area contributed by atoms with Crippen molar-refractivity contribution in [2.45, 2.75) is 52.1 Å². The fraction of sp³-hybridized carbons (Fsp3) is 0.400. The van der Waals surface area contributed by atoms with E-state index in [9.17, 15) is 24.9 Å². The quantitative estimate of drug-likeness (QED) is 0.297. The van der Waals surface area contributed by atoms with Crippen molar-refractivity contribution in [3.05, 3.63) is 75.8 Å². The fourth-order valence-electron chi connectivity index (χ4n) is 5.81. The van der Waals surface area contributed by atoms with Gasteiger partial charge in [-0.2, -0.15) is 0 Å². The van der Waals surface area contributed by atoms with Crippen LogP contribution in [0.4, 0.5) is 5.69 Å². The third-order valence-corrected chi connectivity index (χ3v) is 8.05. The van der Waals surface area contributed by atoms with Crippen molar-refractivity contribution in [3.63, 3.8) is 0 Å². The topological polar surface area (TPSA) is 98.1 Å². The lowest BCUT2D eigenvalue weighted by atomic mass is 9.67. The van der Waals surface area contributed by atoms with E-state index in [2.05, 4.69) is 0 Å². The van der Waals surface area contributed by atoms with Crippen molar-refractivity contribution >= 4 is 35.2 Å². The maximum Gasteiger partial charge on any atom is 0.238 e. The minimum atomic E-state index is -0.841. The molecular formula is C30H34ClNO5. The fourth-order valence-corrected chi connectivity index (χ4v) is 6.04. The van der Waals surface area contributed by atoms with E-state index in [-0.39, 0.29) is 24.2 Å². The first-order valence-electron chi connectivity index (χ1n) is 12.9. The Labute approximate surface area is 222 Å². The Bertz CT molecular complexity index is 1220. The second-order valence-electron chi connectivity index (χ2n) is 9.80. The Balaban J connectivity index is 1.57. The second kappa shape index (κ2) is 11.6. The lowest BCUT2D eigenvalue weighted by Gasteiger charge is -2.36. The molecule has 0 bridgehead atoms. The molecule has 0 aromatic heterocycles. The SMILES string of the molecule is CCC1=C([C@H](O)CC/C(=C/c2ccc(O)cc2Cl)CC)[C@H](CO)[C@@H]2C(=O)N(c3ccccc3)C(=O)[C@@H]2C1. The number of phenolic OH excluding ortho intramolecular Hbond substituents is 1. The number of hydrogen-bond acceptors (Lipinski definition) is 5. The average Bonchev–Trinajstić information content (AvgIpc) is 3.15. The summed E-state index contributed by atoms with van der Waals surface area (Å²) in [7, 11) is 0. The number of hydrogen-bond donors (Lipinski definition) is 3. The monoisotopic (exact) mass is 523 g/mol. The molecule has 1 saturated heterocycles. The highest BCUT2D eigenvalue weighted by Crippen LogP contribution is 2.48. The summed E-state index contributed by atoms with van der Waals surface area (Å²) in [6.45, 7) is 3.71. The number of carbonyl (C=O) groups excluding carboxylic acids is 2. The first-order chi connectivity index (χ1) is 17.8. The van der Waals surface area contributed by atoms with Crippen molar-refractivity contribution in [1.82, 2.24) is 0 Å². The van der Waals surface area contributed by atoms with Crippen LogP contribution in [0, 0.1) is 17.8 Å². The zero-order valence-corrected chi connectivity index (χ0v) is 22.0. The van der Waals surface area contributed by atoms with Crippen molar-refractivity contribution in [1.29, 1.82) is 0 Å². The smallest absolute Gasteiger partial charge is 0.238 e. The number of rotatable bonds is 9. The summed E-state index contributed by atoms with van der Waals surface area (Å²) in [4.78, 5) is 28.1.